The van der Waals surface area contributed by atoms with Gasteiger partial charge >= 0.3 is 0 Å². The van der Waals surface area contributed by atoms with Gasteiger partial charge in [0.25, 0.3) is 5.91 Å². The number of β-amino-alcohol motifs (C(OH)–C–C–N with tert-alkyl or cyclic N) is 1. The fraction of sp³-hybridized carbons (Fsp3) is 0.350. The van der Waals surface area contributed by atoms with Gasteiger partial charge in [0.15, 0.2) is 0 Å². The topological polar surface area (TPSA) is 116 Å². The van der Waals surface area contributed by atoms with E-state index in [1.165, 1.54) is 41.9 Å². The number of carbonyl (C=O) groups excluding carboxylic acids is 1. The average Bonchev–Trinajstić information content (AvgIpc) is 2.71. The Kier molecular flexibility index (Phi) is 6.71. The number of ether oxygens (including phenoxy) is 1. The van der Waals surface area contributed by atoms with Gasteiger partial charge in [-0.1, -0.05) is 6.07 Å². The van der Waals surface area contributed by atoms with Crippen LogP contribution in [0.2, 0.25) is 0 Å². The molecule has 30 heavy (non-hydrogen) atoms. The molecule has 3 rings (SSSR count). The van der Waals surface area contributed by atoms with Gasteiger partial charge in [-0.25, -0.2) is 18.3 Å². The molecule has 2 atom stereocenters. The van der Waals surface area contributed by atoms with Crippen molar-refractivity contribution in [3.8, 4) is 5.75 Å². The summed E-state index contributed by atoms with van der Waals surface area (Å²) in [7, 11) is -4.10. The Morgan fingerprint density at radius 3 is 2.57 bits per heavy atom. The molecule has 0 spiro atoms. The largest absolute Gasteiger partial charge is 0.489 e. The Morgan fingerprint density at radius 2 is 1.93 bits per heavy atom. The number of aliphatic hydroxyl groups is 1. The lowest BCUT2D eigenvalue weighted by Gasteiger charge is -2.35. The first kappa shape index (κ1) is 22.2. The van der Waals surface area contributed by atoms with Crippen molar-refractivity contribution in [1.82, 2.24) is 9.79 Å². The van der Waals surface area contributed by atoms with Crippen LogP contribution in [-0.2, 0) is 21.4 Å². The maximum absolute atomic E-state index is 13.5. The molecule has 1 aliphatic heterocycles. The van der Waals surface area contributed by atoms with E-state index in [0.717, 1.165) is 9.87 Å². The monoisotopic (exact) mass is 438 g/mol. The summed E-state index contributed by atoms with van der Waals surface area (Å²) < 4.78 is 46.0. The Labute approximate surface area is 173 Å². The molecule has 1 heterocycles. The minimum atomic E-state index is -4.10. The highest BCUT2D eigenvalue weighted by Gasteiger charge is 2.40. The number of hydroxylamine groups is 1. The van der Waals surface area contributed by atoms with Crippen LogP contribution in [0.25, 0.3) is 0 Å². The lowest BCUT2D eigenvalue weighted by molar-refractivity contribution is -0.135. The van der Waals surface area contributed by atoms with Gasteiger partial charge in [0.2, 0.25) is 10.0 Å². The summed E-state index contributed by atoms with van der Waals surface area (Å²) in [6.45, 7) is 1.63. The predicted octanol–water partition coefficient (Wildman–Crippen LogP) is 1.73. The van der Waals surface area contributed by atoms with Gasteiger partial charge in [0.05, 0.1) is 11.0 Å². The first-order valence-electron chi connectivity index (χ1n) is 9.33. The summed E-state index contributed by atoms with van der Waals surface area (Å²) in [4.78, 5) is 11.8. The van der Waals surface area contributed by atoms with Gasteiger partial charge in [-0.3, -0.25) is 10.0 Å². The van der Waals surface area contributed by atoms with Crippen LogP contribution in [0, 0.1) is 12.7 Å². The molecule has 0 aliphatic carbocycles. The van der Waals surface area contributed by atoms with Crippen molar-refractivity contribution in [3.05, 3.63) is 59.4 Å². The van der Waals surface area contributed by atoms with Crippen molar-refractivity contribution in [2.45, 2.75) is 43.4 Å². The van der Waals surface area contributed by atoms with Gasteiger partial charge in [-0.15, -0.1) is 0 Å². The van der Waals surface area contributed by atoms with Gasteiger partial charge < -0.3 is 9.84 Å². The minimum absolute atomic E-state index is 0.0821. The van der Waals surface area contributed by atoms with Crippen LogP contribution in [0.5, 0.6) is 5.75 Å². The van der Waals surface area contributed by atoms with Crippen molar-refractivity contribution in [2.75, 3.05) is 6.54 Å². The molecule has 1 aliphatic rings. The smallest absolute Gasteiger partial charge is 0.261 e. The molecular formula is C20H23FN2O6S. The van der Waals surface area contributed by atoms with E-state index in [2.05, 4.69) is 0 Å². The van der Waals surface area contributed by atoms with Crippen molar-refractivity contribution >= 4 is 15.9 Å². The number of piperidine rings is 1. The van der Waals surface area contributed by atoms with Gasteiger partial charge in [-0.2, -0.15) is 4.31 Å². The van der Waals surface area contributed by atoms with Crippen LogP contribution >= 0.6 is 0 Å². The fourth-order valence-corrected chi connectivity index (χ4v) is 5.08. The molecule has 0 bridgehead atoms. The summed E-state index contributed by atoms with van der Waals surface area (Å²) in [5.41, 5.74) is 2.89. The molecule has 0 radical (unpaired) electrons. The zero-order valence-electron chi connectivity index (χ0n) is 16.3. The van der Waals surface area contributed by atoms with Crippen molar-refractivity contribution in [1.29, 1.82) is 0 Å². The molecule has 10 heteroatoms. The molecule has 3 N–H and O–H groups in total. The lowest BCUT2D eigenvalue weighted by atomic mass is 10.0. The summed E-state index contributed by atoms with van der Waals surface area (Å²) in [5, 5.41) is 18.8. The second kappa shape index (κ2) is 9.09. The normalized spacial score (nSPS) is 20.0. The number of amides is 1. The van der Waals surface area contributed by atoms with Crippen molar-refractivity contribution in [3.63, 3.8) is 0 Å². The summed E-state index contributed by atoms with van der Waals surface area (Å²) >= 11 is 0. The summed E-state index contributed by atoms with van der Waals surface area (Å²) in [6, 6.07) is 9.02. The highest BCUT2D eigenvalue weighted by molar-refractivity contribution is 7.89. The number of nitrogens with one attached hydrogen (secondary N) is 1. The Balaban J connectivity index is 1.75. The molecule has 162 valence electrons. The fourth-order valence-electron chi connectivity index (χ4n) is 3.43. The number of hydrogen-bond acceptors (Lipinski definition) is 6. The van der Waals surface area contributed by atoms with Gasteiger partial charge in [0.1, 0.15) is 24.2 Å². The standard InChI is InChI=1S/C20H23FN2O6S/c1-13-8-14(10-15(21)9-13)12-29-17-3-5-18(6-4-17)30(27,28)23-11-16(24)2-7-19(23)20(25)22-26/h3-6,8-10,16,19,24,26H,2,7,11-12H2,1H3,(H,22,25)/t16-,19-/m1/s1. The Bertz CT molecular complexity index is 992. The number of halogens is 1. The summed E-state index contributed by atoms with van der Waals surface area (Å²) in [5.74, 6) is -0.824. The maximum Gasteiger partial charge on any atom is 0.261 e. The number of hydrogen-bond donors (Lipinski definition) is 3. The van der Waals surface area contributed by atoms with E-state index in [4.69, 9.17) is 9.94 Å². The highest BCUT2D eigenvalue weighted by Crippen LogP contribution is 2.27. The average molecular weight is 438 g/mol. The number of aliphatic hydroxyl groups excluding tert-OH is 1. The van der Waals surface area contributed by atoms with E-state index in [1.807, 2.05) is 0 Å². The van der Waals surface area contributed by atoms with Crippen LogP contribution in [-0.4, -0.2) is 47.6 Å². The zero-order chi connectivity index (χ0) is 21.9. The van der Waals surface area contributed by atoms with Crippen molar-refractivity contribution < 1.29 is 32.7 Å². The van der Waals surface area contributed by atoms with Crippen molar-refractivity contribution in [2.24, 2.45) is 0 Å². The SMILES string of the molecule is Cc1cc(F)cc(COc2ccc(S(=O)(=O)N3C[C@H](O)CC[C@@H]3C(=O)NO)cc2)c1. The third-order valence-electron chi connectivity index (χ3n) is 4.86. The Hall–Kier alpha value is -2.53. The number of nitrogens with zero attached hydrogens (tertiary/aromatic N) is 1. The number of sulfonamides is 1. The molecule has 0 unspecified atom stereocenters. The first-order valence-corrected chi connectivity index (χ1v) is 10.8. The minimum Gasteiger partial charge on any atom is -0.489 e. The highest BCUT2D eigenvalue weighted by atomic mass is 32.2. The zero-order valence-corrected chi connectivity index (χ0v) is 17.1. The van der Waals surface area contributed by atoms with Crippen LogP contribution in [0.3, 0.4) is 0 Å². The number of aryl methyl sites for hydroxylation is 1. The number of carbonyl (C=O) groups is 1. The van der Waals surface area contributed by atoms with E-state index < -0.39 is 28.1 Å². The Morgan fingerprint density at radius 1 is 1.23 bits per heavy atom. The van der Waals surface area contributed by atoms with Crippen LogP contribution in [0.1, 0.15) is 24.0 Å². The maximum atomic E-state index is 13.5. The molecular weight excluding hydrogens is 415 g/mol. The first-order chi connectivity index (χ1) is 14.2. The third-order valence-corrected chi connectivity index (χ3v) is 6.75. The van der Waals surface area contributed by atoms with E-state index in [1.54, 1.807) is 13.0 Å². The van der Waals surface area contributed by atoms with E-state index >= 15 is 0 Å². The van der Waals surface area contributed by atoms with Crippen LogP contribution in [0.15, 0.2) is 47.4 Å². The summed E-state index contributed by atoms with van der Waals surface area (Å²) in [6.07, 6.45) is -0.572. The number of rotatable bonds is 6. The molecule has 1 saturated heterocycles. The molecule has 1 amide bonds. The second-order valence-corrected chi connectivity index (χ2v) is 9.09. The second-order valence-electron chi connectivity index (χ2n) is 7.19. The third kappa shape index (κ3) is 4.96. The molecule has 1 fully saturated rings. The predicted molar refractivity (Wildman–Crippen MR) is 105 cm³/mol. The molecule has 0 saturated carbocycles. The lowest BCUT2D eigenvalue weighted by Crippen LogP contribution is -2.54. The molecule has 0 aromatic heterocycles. The van der Waals surface area contributed by atoms with Crippen LogP contribution < -0.4 is 10.2 Å². The van der Waals surface area contributed by atoms with Gasteiger partial charge in [0, 0.05) is 6.54 Å². The van der Waals surface area contributed by atoms with E-state index in [0.29, 0.717) is 11.3 Å². The quantitative estimate of drug-likeness (QED) is 0.467. The molecule has 2 aromatic carbocycles. The number of benzene rings is 2. The van der Waals surface area contributed by atoms with E-state index in [9.17, 15) is 22.7 Å². The van der Waals surface area contributed by atoms with Gasteiger partial charge in [-0.05, 0) is 67.3 Å². The molecule has 8 nitrogen and oxygen atoms in total. The van der Waals surface area contributed by atoms with Crippen LogP contribution in [0.4, 0.5) is 4.39 Å². The molecule has 2 aromatic rings. The van der Waals surface area contributed by atoms with E-state index in [-0.39, 0.29) is 36.7 Å².